The van der Waals surface area contributed by atoms with Gasteiger partial charge in [-0.05, 0) is 31.2 Å². The first-order valence-electron chi connectivity index (χ1n) is 6.47. The third-order valence-electron chi connectivity index (χ3n) is 3.23. The highest BCUT2D eigenvalue weighted by Gasteiger charge is 2.12. The molecule has 2 aromatic heterocycles. The Hall–Kier alpha value is -2.56. The van der Waals surface area contributed by atoms with Crippen molar-refractivity contribution in [2.45, 2.75) is 13.5 Å². The summed E-state index contributed by atoms with van der Waals surface area (Å²) in [6.07, 6.45) is 1.77. The Morgan fingerprint density at radius 2 is 1.90 bits per heavy atom. The molecule has 0 bridgehead atoms. The van der Waals surface area contributed by atoms with E-state index in [2.05, 4.69) is 0 Å². The SMILES string of the molecule is CCOC(=O)Cn1c2ccccc2c(=O)c2cccn21. The van der Waals surface area contributed by atoms with E-state index in [0.29, 0.717) is 23.0 Å². The monoisotopic (exact) mass is 270 g/mol. The van der Waals surface area contributed by atoms with Crippen LogP contribution in [0, 0.1) is 0 Å². The number of para-hydroxylation sites is 1. The van der Waals surface area contributed by atoms with Crippen LogP contribution in [-0.2, 0) is 16.1 Å². The molecule has 0 amide bonds. The number of esters is 1. The fraction of sp³-hybridized carbons (Fsp3) is 0.200. The minimum absolute atomic E-state index is 0.0364. The molecule has 0 aliphatic heterocycles. The lowest BCUT2D eigenvalue weighted by atomic mass is 10.2. The van der Waals surface area contributed by atoms with Crippen LogP contribution in [0.5, 0.6) is 0 Å². The molecule has 0 spiro atoms. The maximum Gasteiger partial charge on any atom is 0.327 e. The molecule has 3 rings (SSSR count). The molecular formula is C15H14N2O3. The van der Waals surface area contributed by atoms with Crippen LogP contribution in [0.15, 0.2) is 47.4 Å². The molecule has 0 aliphatic carbocycles. The van der Waals surface area contributed by atoms with E-state index in [1.165, 1.54) is 0 Å². The highest BCUT2D eigenvalue weighted by Crippen LogP contribution is 2.13. The molecule has 0 unspecified atom stereocenters. The Morgan fingerprint density at radius 3 is 2.70 bits per heavy atom. The molecule has 5 heteroatoms. The quantitative estimate of drug-likeness (QED) is 0.682. The zero-order valence-electron chi connectivity index (χ0n) is 11.1. The van der Waals surface area contributed by atoms with Crippen LogP contribution in [0.4, 0.5) is 0 Å². The number of hydrogen-bond acceptors (Lipinski definition) is 3. The van der Waals surface area contributed by atoms with Gasteiger partial charge in [0.1, 0.15) is 12.1 Å². The van der Waals surface area contributed by atoms with E-state index in [1.807, 2.05) is 18.2 Å². The molecule has 2 heterocycles. The Kier molecular flexibility index (Phi) is 3.02. The van der Waals surface area contributed by atoms with Gasteiger partial charge in [0.15, 0.2) is 0 Å². The summed E-state index contributed by atoms with van der Waals surface area (Å²) in [5, 5.41) is 0.600. The lowest BCUT2D eigenvalue weighted by Crippen LogP contribution is -2.22. The van der Waals surface area contributed by atoms with Crippen LogP contribution in [-0.4, -0.2) is 21.8 Å². The highest BCUT2D eigenvalue weighted by molar-refractivity contribution is 5.83. The fourth-order valence-corrected chi connectivity index (χ4v) is 2.40. The van der Waals surface area contributed by atoms with Crippen molar-refractivity contribution >= 4 is 22.4 Å². The fourth-order valence-electron chi connectivity index (χ4n) is 2.40. The van der Waals surface area contributed by atoms with Crippen LogP contribution in [0.25, 0.3) is 16.4 Å². The molecule has 0 saturated carbocycles. The summed E-state index contributed by atoms with van der Waals surface area (Å²) in [4.78, 5) is 24.1. The lowest BCUT2D eigenvalue weighted by Gasteiger charge is -2.13. The average molecular weight is 270 g/mol. The highest BCUT2D eigenvalue weighted by atomic mass is 16.5. The van der Waals surface area contributed by atoms with Gasteiger partial charge in [-0.3, -0.25) is 18.8 Å². The number of fused-ring (bicyclic) bond motifs is 2. The van der Waals surface area contributed by atoms with Crippen LogP contribution < -0.4 is 5.43 Å². The standard InChI is InChI=1S/C15H14N2O3/c1-2-20-14(18)10-17-12-7-4-3-6-11(12)15(19)13-8-5-9-16(13)17/h3-9H,2,10H2,1H3. The Labute approximate surface area is 115 Å². The van der Waals surface area contributed by atoms with Crippen molar-refractivity contribution in [3.8, 4) is 0 Å². The first-order valence-corrected chi connectivity index (χ1v) is 6.47. The number of benzene rings is 1. The second-order valence-electron chi connectivity index (χ2n) is 4.45. The normalized spacial score (nSPS) is 11.1. The van der Waals surface area contributed by atoms with E-state index in [4.69, 9.17) is 4.74 Å². The first-order chi connectivity index (χ1) is 9.72. The first kappa shape index (κ1) is 12.5. The summed E-state index contributed by atoms with van der Waals surface area (Å²) in [6, 6.07) is 10.8. The largest absolute Gasteiger partial charge is 0.465 e. The molecule has 0 atom stereocenters. The van der Waals surface area contributed by atoms with Crippen molar-refractivity contribution in [3.63, 3.8) is 0 Å². The summed E-state index contributed by atoms with van der Waals surface area (Å²) < 4.78 is 8.45. The molecule has 1 aromatic carbocycles. The van der Waals surface area contributed by atoms with Crippen LogP contribution >= 0.6 is 0 Å². The van der Waals surface area contributed by atoms with Gasteiger partial charge >= 0.3 is 5.97 Å². The molecule has 102 valence electrons. The molecule has 20 heavy (non-hydrogen) atoms. The van der Waals surface area contributed by atoms with Gasteiger partial charge in [0, 0.05) is 11.6 Å². The van der Waals surface area contributed by atoms with Gasteiger partial charge in [-0.15, -0.1) is 0 Å². The second-order valence-corrected chi connectivity index (χ2v) is 4.45. The number of ether oxygens (including phenoxy) is 1. The number of aromatic nitrogens is 2. The maximum atomic E-state index is 12.4. The minimum atomic E-state index is -0.323. The minimum Gasteiger partial charge on any atom is -0.465 e. The zero-order valence-corrected chi connectivity index (χ0v) is 11.1. The van der Waals surface area contributed by atoms with Crippen molar-refractivity contribution < 1.29 is 9.53 Å². The summed E-state index contributed by atoms with van der Waals surface area (Å²) >= 11 is 0. The van der Waals surface area contributed by atoms with Gasteiger partial charge in [-0.1, -0.05) is 12.1 Å². The van der Waals surface area contributed by atoms with Gasteiger partial charge in [0.25, 0.3) is 0 Å². The van der Waals surface area contributed by atoms with Gasteiger partial charge in [0.05, 0.1) is 12.1 Å². The van der Waals surface area contributed by atoms with Crippen molar-refractivity contribution in [1.82, 2.24) is 9.20 Å². The third-order valence-corrected chi connectivity index (χ3v) is 3.23. The van der Waals surface area contributed by atoms with Crippen molar-refractivity contribution in [2.24, 2.45) is 0 Å². The number of nitrogens with zero attached hydrogens (tertiary/aromatic N) is 2. The van der Waals surface area contributed by atoms with E-state index < -0.39 is 0 Å². The lowest BCUT2D eigenvalue weighted by molar-refractivity contribution is -0.144. The van der Waals surface area contributed by atoms with E-state index in [0.717, 1.165) is 0 Å². The van der Waals surface area contributed by atoms with Gasteiger partial charge in [-0.25, -0.2) is 0 Å². The number of hydrogen-bond donors (Lipinski definition) is 0. The summed E-state index contributed by atoms with van der Waals surface area (Å²) in [5.41, 5.74) is 1.23. The number of carbonyl (C=O) groups excluding carboxylic acids is 1. The maximum absolute atomic E-state index is 12.4. The van der Waals surface area contributed by atoms with Gasteiger partial charge < -0.3 is 4.74 Å². The number of rotatable bonds is 3. The third kappa shape index (κ3) is 1.87. The molecule has 0 aliphatic rings. The predicted molar refractivity (Wildman–Crippen MR) is 75.8 cm³/mol. The summed E-state index contributed by atoms with van der Waals surface area (Å²) in [5.74, 6) is -0.323. The van der Waals surface area contributed by atoms with Gasteiger partial charge in [0.2, 0.25) is 5.43 Å². The second kappa shape index (κ2) is 4.85. The molecule has 0 fully saturated rings. The topological polar surface area (TPSA) is 52.7 Å². The average Bonchev–Trinajstić information content (AvgIpc) is 2.93. The molecule has 0 N–H and O–H groups in total. The number of carbonyl (C=O) groups is 1. The summed E-state index contributed by atoms with van der Waals surface area (Å²) in [6.45, 7) is 2.18. The molecule has 3 aromatic rings. The molecular weight excluding hydrogens is 256 g/mol. The van der Waals surface area contributed by atoms with Crippen LogP contribution in [0.1, 0.15) is 6.92 Å². The van der Waals surface area contributed by atoms with Crippen LogP contribution in [0.2, 0.25) is 0 Å². The van der Waals surface area contributed by atoms with E-state index in [9.17, 15) is 9.59 Å². The summed E-state index contributed by atoms with van der Waals surface area (Å²) in [7, 11) is 0. The van der Waals surface area contributed by atoms with Crippen LogP contribution in [0.3, 0.4) is 0 Å². The Morgan fingerprint density at radius 1 is 1.15 bits per heavy atom. The van der Waals surface area contributed by atoms with Crippen molar-refractivity contribution in [2.75, 3.05) is 6.61 Å². The Bertz CT molecular complexity index is 845. The van der Waals surface area contributed by atoms with E-state index in [1.54, 1.807) is 40.5 Å². The van der Waals surface area contributed by atoms with Crippen molar-refractivity contribution in [3.05, 3.63) is 52.8 Å². The molecule has 0 radical (unpaired) electrons. The van der Waals surface area contributed by atoms with Crippen molar-refractivity contribution in [1.29, 1.82) is 0 Å². The molecule has 5 nitrogen and oxygen atoms in total. The predicted octanol–water partition coefficient (Wildman–Crippen LogP) is 1.82. The Balaban J connectivity index is 2.31. The molecule has 0 saturated heterocycles. The van der Waals surface area contributed by atoms with Gasteiger partial charge in [-0.2, -0.15) is 0 Å². The van der Waals surface area contributed by atoms with E-state index >= 15 is 0 Å². The zero-order chi connectivity index (χ0) is 14.1. The smallest absolute Gasteiger partial charge is 0.327 e. The van der Waals surface area contributed by atoms with E-state index in [-0.39, 0.29) is 17.9 Å².